The predicted molar refractivity (Wildman–Crippen MR) is 114 cm³/mol. The maximum atomic E-state index is 12.3. The largest absolute Gasteiger partial charge is 0.486 e. The van der Waals surface area contributed by atoms with Gasteiger partial charge in [-0.2, -0.15) is 0 Å². The van der Waals surface area contributed by atoms with Crippen molar-refractivity contribution in [2.45, 2.75) is 24.4 Å². The van der Waals surface area contributed by atoms with E-state index >= 15 is 0 Å². The van der Waals surface area contributed by atoms with Crippen LogP contribution in [0.4, 0.5) is 0 Å². The summed E-state index contributed by atoms with van der Waals surface area (Å²) in [5.41, 5.74) is 1.40. The molecule has 0 aliphatic carbocycles. The average molecular weight is 444 g/mol. The lowest BCUT2D eigenvalue weighted by Gasteiger charge is -2.03. The highest BCUT2D eigenvalue weighted by Crippen LogP contribution is 2.31. The number of para-hydroxylation sites is 1. The van der Waals surface area contributed by atoms with Crippen LogP contribution in [0.15, 0.2) is 58.1 Å². The second kappa shape index (κ2) is 9.23. The normalized spacial score (nSPS) is 11.0. The molecule has 9 heteroatoms. The van der Waals surface area contributed by atoms with Crippen molar-refractivity contribution in [3.63, 3.8) is 0 Å². The summed E-state index contributed by atoms with van der Waals surface area (Å²) in [6.45, 7) is 2.29. The summed E-state index contributed by atoms with van der Waals surface area (Å²) < 4.78 is 16.5. The van der Waals surface area contributed by atoms with Crippen LogP contribution in [-0.2, 0) is 17.1 Å². The molecule has 0 saturated heterocycles. The molecule has 2 aromatic heterocycles. The third-order valence-electron chi connectivity index (χ3n) is 4.21. The number of aromatic nitrogens is 3. The molecular weight excluding hydrogens is 426 g/mol. The van der Waals surface area contributed by atoms with E-state index in [1.165, 1.54) is 11.8 Å². The Hall–Kier alpha value is -2.97. The summed E-state index contributed by atoms with van der Waals surface area (Å²) in [5.74, 6) is 1.48. The molecule has 1 N–H and O–H groups in total. The van der Waals surface area contributed by atoms with Gasteiger partial charge in [-0.05, 0) is 37.3 Å². The number of ether oxygens (including phenoxy) is 2. The van der Waals surface area contributed by atoms with Crippen molar-refractivity contribution in [1.29, 1.82) is 0 Å². The molecule has 0 unspecified atom stereocenters. The number of carbonyl (C=O) groups excluding carboxylic acids is 1. The minimum Gasteiger partial charge on any atom is -0.486 e. The Kier molecular flexibility index (Phi) is 6.25. The molecule has 2 heterocycles. The first-order valence-electron chi connectivity index (χ1n) is 9.24. The standard InChI is InChI=1S/C21H18ClN3O4S/c1-2-27-20(26)19-16(15-5-3-4-6-17(15)29-19)12-30-21-23-18(24-25-21)11-28-14-9-7-13(22)8-10-14/h3-10H,2,11-12H2,1H3,(H,23,24,25). The highest BCUT2D eigenvalue weighted by molar-refractivity contribution is 7.98. The fraction of sp³-hybridized carbons (Fsp3) is 0.190. The lowest BCUT2D eigenvalue weighted by Crippen LogP contribution is -2.05. The number of halogens is 1. The van der Waals surface area contributed by atoms with E-state index < -0.39 is 5.97 Å². The van der Waals surface area contributed by atoms with Crippen LogP contribution in [0.3, 0.4) is 0 Å². The molecule has 7 nitrogen and oxygen atoms in total. The van der Waals surface area contributed by atoms with E-state index in [0.717, 1.165) is 10.9 Å². The molecule has 0 amide bonds. The van der Waals surface area contributed by atoms with Gasteiger partial charge in [0.2, 0.25) is 10.9 Å². The van der Waals surface area contributed by atoms with Crippen LogP contribution in [0.25, 0.3) is 11.0 Å². The number of nitrogens with zero attached hydrogens (tertiary/aromatic N) is 2. The molecule has 0 spiro atoms. The topological polar surface area (TPSA) is 90.2 Å². The zero-order valence-electron chi connectivity index (χ0n) is 16.1. The molecule has 2 aromatic carbocycles. The molecule has 0 atom stereocenters. The maximum Gasteiger partial charge on any atom is 0.374 e. The molecule has 30 heavy (non-hydrogen) atoms. The number of rotatable bonds is 8. The lowest BCUT2D eigenvalue weighted by molar-refractivity contribution is 0.0491. The quantitative estimate of drug-likeness (QED) is 0.293. The number of hydrogen-bond acceptors (Lipinski definition) is 7. The summed E-state index contributed by atoms with van der Waals surface area (Å²) in [6, 6.07) is 14.6. The summed E-state index contributed by atoms with van der Waals surface area (Å²) >= 11 is 7.26. The summed E-state index contributed by atoms with van der Waals surface area (Å²) in [7, 11) is 0. The van der Waals surface area contributed by atoms with Gasteiger partial charge in [0.15, 0.2) is 5.82 Å². The minimum atomic E-state index is -0.476. The van der Waals surface area contributed by atoms with E-state index in [2.05, 4.69) is 15.2 Å². The van der Waals surface area contributed by atoms with Crippen LogP contribution in [0.5, 0.6) is 5.75 Å². The second-order valence-corrected chi connectivity index (χ2v) is 7.60. The molecular formula is C21H18ClN3O4S. The Morgan fingerprint density at radius 1 is 1.20 bits per heavy atom. The van der Waals surface area contributed by atoms with Crippen LogP contribution >= 0.6 is 23.4 Å². The number of fused-ring (bicyclic) bond motifs is 1. The zero-order chi connectivity index (χ0) is 20.9. The van der Waals surface area contributed by atoms with Gasteiger partial charge in [-0.1, -0.05) is 41.6 Å². The van der Waals surface area contributed by atoms with Gasteiger partial charge >= 0.3 is 5.97 Å². The van der Waals surface area contributed by atoms with Crippen molar-refractivity contribution in [3.8, 4) is 5.75 Å². The Balaban J connectivity index is 1.45. The van der Waals surface area contributed by atoms with Crippen LogP contribution in [0.1, 0.15) is 28.9 Å². The monoisotopic (exact) mass is 443 g/mol. The van der Waals surface area contributed by atoms with Crippen molar-refractivity contribution >= 4 is 40.3 Å². The number of benzene rings is 2. The first-order chi connectivity index (χ1) is 14.6. The van der Waals surface area contributed by atoms with Crippen LogP contribution in [-0.4, -0.2) is 27.8 Å². The van der Waals surface area contributed by atoms with E-state index in [9.17, 15) is 4.79 Å². The number of nitrogens with one attached hydrogen (secondary N) is 1. The Bertz CT molecular complexity index is 1160. The highest BCUT2D eigenvalue weighted by atomic mass is 35.5. The van der Waals surface area contributed by atoms with Gasteiger partial charge in [0.1, 0.15) is 17.9 Å². The summed E-state index contributed by atoms with van der Waals surface area (Å²) in [4.78, 5) is 16.7. The number of thioether (sulfide) groups is 1. The number of H-pyrrole nitrogens is 1. The first kappa shape index (κ1) is 20.3. The van der Waals surface area contributed by atoms with Crippen molar-refractivity contribution in [2.75, 3.05) is 6.61 Å². The number of furan rings is 1. The van der Waals surface area contributed by atoms with E-state index in [4.69, 9.17) is 25.5 Å². The van der Waals surface area contributed by atoms with Gasteiger partial charge in [-0.15, -0.1) is 5.10 Å². The molecule has 0 saturated carbocycles. The second-order valence-electron chi connectivity index (χ2n) is 6.22. The average Bonchev–Trinajstić information content (AvgIpc) is 3.36. The van der Waals surface area contributed by atoms with Gasteiger partial charge in [-0.25, -0.2) is 9.78 Å². The van der Waals surface area contributed by atoms with Crippen molar-refractivity contribution in [3.05, 3.63) is 70.7 Å². The lowest BCUT2D eigenvalue weighted by atomic mass is 10.1. The molecule has 0 radical (unpaired) electrons. The van der Waals surface area contributed by atoms with Crippen LogP contribution < -0.4 is 4.74 Å². The molecule has 0 bridgehead atoms. The Morgan fingerprint density at radius 3 is 2.80 bits per heavy atom. The maximum absolute atomic E-state index is 12.3. The van der Waals surface area contributed by atoms with Gasteiger partial charge < -0.3 is 13.9 Å². The number of aromatic amines is 1. The number of carbonyl (C=O) groups is 1. The molecule has 0 aliphatic heterocycles. The molecule has 0 fully saturated rings. The third-order valence-corrected chi connectivity index (χ3v) is 5.33. The van der Waals surface area contributed by atoms with Gasteiger partial charge in [-0.3, -0.25) is 5.10 Å². The van der Waals surface area contributed by atoms with Gasteiger partial charge in [0, 0.05) is 21.7 Å². The zero-order valence-corrected chi connectivity index (χ0v) is 17.6. The van der Waals surface area contributed by atoms with E-state index in [-0.39, 0.29) is 19.0 Å². The minimum absolute atomic E-state index is 0.215. The molecule has 4 aromatic rings. The summed E-state index contributed by atoms with van der Waals surface area (Å²) in [5, 5.41) is 9.14. The fourth-order valence-electron chi connectivity index (χ4n) is 2.83. The van der Waals surface area contributed by atoms with Crippen molar-refractivity contribution in [2.24, 2.45) is 0 Å². The van der Waals surface area contributed by atoms with Crippen molar-refractivity contribution in [1.82, 2.24) is 15.2 Å². The molecule has 0 aliphatic rings. The SMILES string of the molecule is CCOC(=O)c1oc2ccccc2c1CSc1n[nH]c(COc2ccc(Cl)cc2)n1. The Morgan fingerprint density at radius 2 is 2.00 bits per heavy atom. The Labute approximate surface area is 181 Å². The highest BCUT2D eigenvalue weighted by Gasteiger charge is 2.22. The van der Waals surface area contributed by atoms with Gasteiger partial charge in [0.05, 0.1) is 6.61 Å². The van der Waals surface area contributed by atoms with Gasteiger partial charge in [0.25, 0.3) is 0 Å². The van der Waals surface area contributed by atoms with E-state index in [0.29, 0.717) is 33.1 Å². The third kappa shape index (κ3) is 4.60. The predicted octanol–water partition coefficient (Wildman–Crippen LogP) is 5.25. The fourth-order valence-corrected chi connectivity index (χ4v) is 3.80. The smallest absolute Gasteiger partial charge is 0.374 e. The van der Waals surface area contributed by atoms with Crippen LogP contribution in [0.2, 0.25) is 5.02 Å². The molecule has 4 rings (SSSR count). The number of hydrogen-bond donors (Lipinski definition) is 1. The van der Waals surface area contributed by atoms with Crippen molar-refractivity contribution < 1.29 is 18.7 Å². The van der Waals surface area contributed by atoms with E-state index in [1.807, 2.05) is 24.3 Å². The van der Waals surface area contributed by atoms with Crippen LogP contribution in [0, 0.1) is 0 Å². The number of esters is 1. The summed E-state index contributed by atoms with van der Waals surface area (Å²) in [6.07, 6.45) is 0. The molecule has 154 valence electrons. The van der Waals surface area contributed by atoms with E-state index in [1.54, 1.807) is 31.2 Å². The first-order valence-corrected chi connectivity index (χ1v) is 10.6.